The van der Waals surface area contributed by atoms with Crippen molar-refractivity contribution in [3.8, 4) is 0 Å². The predicted octanol–water partition coefficient (Wildman–Crippen LogP) is 2.84. The lowest BCUT2D eigenvalue weighted by Gasteiger charge is -2.23. The van der Waals surface area contributed by atoms with Crippen molar-refractivity contribution in [2.24, 2.45) is 5.73 Å². The average molecular weight is 401 g/mol. The number of nitrogens with zero attached hydrogens (tertiary/aromatic N) is 1. The number of nitrogens with two attached hydrogens (primary N) is 1. The summed E-state index contributed by atoms with van der Waals surface area (Å²) in [6.07, 6.45) is 2.32. The molecule has 1 heterocycles. The number of carbonyl (C=O) groups is 1. The van der Waals surface area contributed by atoms with Crippen LogP contribution in [0.25, 0.3) is 16.5 Å². The van der Waals surface area contributed by atoms with Crippen molar-refractivity contribution in [2.75, 3.05) is 11.9 Å². The Bertz CT molecular complexity index is 935. The molecule has 0 saturated carbocycles. The molecule has 1 amide bonds. The number of nitrogens with one attached hydrogen (secondary N) is 3. The highest BCUT2D eigenvalue weighted by Crippen LogP contribution is 2.29. The fourth-order valence-corrected chi connectivity index (χ4v) is 2.74. The van der Waals surface area contributed by atoms with Gasteiger partial charge in [0, 0.05) is 35.6 Å². The van der Waals surface area contributed by atoms with E-state index in [1.54, 1.807) is 12.1 Å². The molecule has 1 unspecified atom stereocenters. The van der Waals surface area contributed by atoms with Gasteiger partial charge in [-0.1, -0.05) is 6.07 Å². The van der Waals surface area contributed by atoms with Crippen LogP contribution in [-0.2, 0) is 0 Å². The number of alkyl halides is 1. The number of amides is 1. The van der Waals surface area contributed by atoms with Crippen molar-refractivity contribution < 1.29 is 14.3 Å². The maximum Gasteiger partial charge on any atom is 0.255 e. The molecule has 2 aromatic rings. The van der Waals surface area contributed by atoms with Crippen molar-refractivity contribution in [1.82, 2.24) is 10.3 Å². The van der Waals surface area contributed by atoms with Crippen molar-refractivity contribution in [2.45, 2.75) is 45.5 Å². The van der Waals surface area contributed by atoms with E-state index in [0.717, 1.165) is 6.21 Å². The lowest BCUT2D eigenvalue weighted by molar-refractivity contribution is -0.00177. The molecule has 0 aliphatic heterocycles. The quantitative estimate of drug-likeness (QED) is 0.435. The van der Waals surface area contributed by atoms with Gasteiger partial charge >= 0.3 is 0 Å². The first kappa shape index (κ1) is 22.3. The molecular formula is C21H28FN5O2. The Labute approximate surface area is 169 Å². The number of hydrogen-bond donors (Lipinski definition) is 5. The topological polar surface area (TPSA) is 124 Å². The second-order valence-electron chi connectivity index (χ2n) is 7.68. The highest BCUT2D eigenvalue weighted by atomic mass is 19.1. The van der Waals surface area contributed by atoms with Crippen LogP contribution in [0.4, 0.5) is 10.1 Å². The number of fused-ring (bicyclic) bond motifs is 1. The van der Waals surface area contributed by atoms with Gasteiger partial charge < -0.3 is 26.9 Å². The minimum atomic E-state index is -1.61. The number of pyridine rings is 1. The summed E-state index contributed by atoms with van der Waals surface area (Å²) in [4.78, 5) is 17.1. The summed E-state index contributed by atoms with van der Waals surface area (Å²) >= 11 is 0. The average Bonchev–Trinajstić information content (AvgIpc) is 2.66. The number of benzene rings is 1. The van der Waals surface area contributed by atoms with Gasteiger partial charge in [-0.25, -0.2) is 4.39 Å². The zero-order valence-electron chi connectivity index (χ0n) is 17.1. The van der Waals surface area contributed by atoms with Crippen LogP contribution in [0.5, 0.6) is 0 Å². The van der Waals surface area contributed by atoms with Gasteiger partial charge in [0.05, 0.1) is 28.9 Å². The predicted molar refractivity (Wildman–Crippen MR) is 115 cm³/mol. The van der Waals surface area contributed by atoms with Gasteiger partial charge in [0.25, 0.3) is 5.91 Å². The summed E-state index contributed by atoms with van der Waals surface area (Å²) in [5.74, 6) is -0.499. The molecule has 2 rings (SSSR count). The number of hydrogen-bond acceptors (Lipinski definition) is 6. The fourth-order valence-electron chi connectivity index (χ4n) is 2.74. The first-order chi connectivity index (χ1) is 13.6. The number of allylic oxidation sites excluding steroid dienone is 1. The highest BCUT2D eigenvalue weighted by molar-refractivity contribution is 6.11. The lowest BCUT2D eigenvalue weighted by Crippen LogP contribution is -2.42. The van der Waals surface area contributed by atoms with Crippen LogP contribution in [0.3, 0.4) is 0 Å². The summed E-state index contributed by atoms with van der Waals surface area (Å²) in [5, 5.41) is 23.7. The van der Waals surface area contributed by atoms with Crippen LogP contribution in [0.1, 0.15) is 43.6 Å². The summed E-state index contributed by atoms with van der Waals surface area (Å²) in [5.41, 5.74) is 6.77. The van der Waals surface area contributed by atoms with E-state index < -0.39 is 17.7 Å². The van der Waals surface area contributed by atoms with E-state index in [2.05, 4.69) is 15.6 Å². The standard InChI is InChI=1S/C21H28FN5O2/c1-12(2)27-19-15-7-13(14(8-23)9-24)5-6-17(15)25-10-16(19)20(28)26-11-18(22)21(3,4)29/h5-10,12,18,23,29H,11,24H2,1-4H3,(H,25,27)(H,26,28)/b14-9+,23-8?. The molecule has 156 valence electrons. The van der Waals surface area contributed by atoms with Crippen LogP contribution >= 0.6 is 0 Å². The maximum absolute atomic E-state index is 14.0. The van der Waals surface area contributed by atoms with Gasteiger partial charge in [-0.05, 0) is 45.4 Å². The molecule has 6 N–H and O–H groups in total. The van der Waals surface area contributed by atoms with E-state index in [4.69, 9.17) is 11.1 Å². The van der Waals surface area contributed by atoms with Gasteiger partial charge in [0.2, 0.25) is 0 Å². The van der Waals surface area contributed by atoms with E-state index >= 15 is 0 Å². The van der Waals surface area contributed by atoms with Gasteiger partial charge in [0.1, 0.15) is 6.17 Å². The minimum Gasteiger partial charge on any atom is -0.404 e. The number of rotatable bonds is 8. The molecule has 8 heteroatoms. The molecule has 0 fully saturated rings. The Hall–Kier alpha value is -3.00. The second-order valence-corrected chi connectivity index (χ2v) is 7.68. The van der Waals surface area contributed by atoms with Crippen molar-refractivity contribution in [1.29, 1.82) is 5.41 Å². The molecular weight excluding hydrogens is 373 g/mol. The maximum atomic E-state index is 14.0. The van der Waals surface area contributed by atoms with E-state index in [9.17, 15) is 14.3 Å². The Balaban J connectivity index is 2.51. The molecule has 0 radical (unpaired) electrons. The van der Waals surface area contributed by atoms with Crippen molar-refractivity contribution in [3.05, 3.63) is 41.7 Å². The second kappa shape index (κ2) is 9.00. The Morgan fingerprint density at radius 1 is 1.41 bits per heavy atom. The molecule has 1 aromatic carbocycles. The largest absolute Gasteiger partial charge is 0.404 e. The normalized spacial score (nSPS) is 13.4. The third kappa shape index (κ3) is 5.29. The lowest BCUT2D eigenvalue weighted by atomic mass is 10.0. The Morgan fingerprint density at radius 3 is 2.66 bits per heavy atom. The fraction of sp³-hybridized carbons (Fsp3) is 0.381. The summed E-state index contributed by atoms with van der Waals surface area (Å²) in [6.45, 7) is 6.25. The monoisotopic (exact) mass is 401 g/mol. The molecule has 0 spiro atoms. The van der Waals surface area contributed by atoms with E-state index in [-0.39, 0.29) is 18.2 Å². The third-order valence-corrected chi connectivity index (χ3v) is 4.42. The van der Waals surface area contributed by atoms with Crippen LogP contribution < -0.4 is 16.4 Å². The van der Waals surface area contributed by atoms with Crippen LogP contribution in [0, 0.1) is 5.41 Å². The smallest absolute Gasteiger partial charge is 0.255 e. The number of carbonyl (C=O) groups excluding carboxylic acids is 1. The van der Waals surface area contributed by atoms with Gasteiger partial charge in [-0.2, -0.15) is 0 Å². The summed E-state index contributed by atoms with van der Waals surface area (Å²) in [7, 11) is 0. The van der Waals surface area contributed by atoms with Crippen LogP contribution in [0.15, 0.2) is 30.6 Å². The molecule has 1 aromatic heterocycles. The van der Waals surface area contributed by atoms with Crippen molar-refractivity contribution in [3.63, 3.8) is 0 Å². The van der Waals surface area contributed by atoms with Gasteiger partial charge in [0.15, 0.2) is 0 Å². The van der Waals surface area contributed by atoms with E-state index in [1.165, 1.54) is 26.2 Å². The molecule has 29 heavy (non-hydrogen) atoms. The van der Waals surface area contributed by atoms with Crippen LogP contribution in [0.2, 0.25) is 0 Å². The number of halogens is 1. The van der Waals surface area contributed by atoms with Crippen molar-refractivity contribution >= 4 is 34.3 Å². The minimum absolute atomic E-state index is 0.0216. The Morgan fingerprint density at radius 2 is 2.10 bits per heavy atom. The van der Waals surface area contributed by atoms with Gasteiger partial charge in [-0.15, -0.1) is 0 Å². The number of aromatic nitrogens is 1. The number of aliphatic hydroxyl groups is 1. The Kier molecular flexibility index (Phi) is 6.92. The molecule has 0 bridgehead atoms. The molecule has 0 aliphatic rings. The summed E-state index contributed by atoms with van der Waals surface area (Å²) in [6, 6.07) is 5.42. The first-order valence-corrected chi connectivity index (χ1v) is 9.35. The van der Waals surface area contributed by atoms with Crippen LogP contribution in [-0.4, -0.2) is 46.6 Å². The van der Waals surface area contributed by atoms with E-state index in [1.807, 2.05) is 19.9 Å². The van der Waals surface area contributed by atoms with Gasteiger partial charge in [-0.3, -0.25) is 9.78 Å². The summed E-state index contributed by atoms with van der Waals surface area (Å²) < 4.78 is 14.0. The molecule has 7 nitrogen and oxygen atoms in total. The number of anilines is 1. The van der Waals surface area contributed by atoms with E-state index in [0.29, 0.717) is 27.7 Å². The molecule has 0 aliphatic carbocycles. The third-order valence-electron chi connectivity index (χ3n) is 4.42. The zero-order valence-corrected chi connectivity index (χ0v) is 17.1. The molecule has 1 atom stereocenters. The first-order valence-electron chi connectivity index (χ1n) is 9.35. The zero-order chi connectivity index (χ0) is 21.8. The molecule has 0 saturated heterocycles. The SMILES string of the molecule is CC(C)Nc1c(C(=O)NCC(F)C(C)(C)O)cnc2ccc(/C(C=N)=C/N)cc12. The highest BCUT2D eigenvalue weighted by Gasteiger charge is 2.27.